The van der Waals surface area contributed by atoms with Crippen molar-refractivity contribution in [3.8, 4) is 11.5 Å². The summed E-state index contributed by atoms with van der Waals surface area (Å²) < 4.78 is 0. The van der Waals surface area contributed by atoms with Crippen LogP contribution in [-0.2, 0) is 4.79 Å². The van der Waals surface area contributed by atoms with E-state index in [1.165, 1.54) is 6.07 Å². The highest BCUT2D eigenvalue weighted by Gasteiger charge is 2.30. The lowest BCUT2D eigenvalue weighted by atomic mass is 10.1. The molecule has 18 heavy (non-hydrogen) atoms. The molecule has 7 nitrogen and oxygen atoms in total. The largest absolute Gasteiger partial charge is 0.504 e. The van der Waals surface area contributed by atoms with Crippen molar-refractivity contribution in [2.45, 2.75) is 12.5 Å². The zero-order chi connectivity index (χ0) is 13.9. The average Bonchev–Trinajstić information content (AvgIpc) is 2.29. The van der Waals surface area contributed by atoms with E-state index in [1.54, 1.807) is 0 Å². The van der Waals surface area contributed by atoms with Gasteiger partial charge < -0.3 is 25.7 Å². The maximum Gasteiger partial charge on any atom is 0.337 e. The minimum Gasteiger partial charge on any atom is -0.504 e. The van der Waals surface area contributed by atoms with E-state index in [9.17, 15) is 19.8 Å². The van der Waals surface area contributed by atoms with Crippen LogP contribution in [0, 0.1) is 0 Å². The van der Waals surface area contributed by atoms with Crippen molar-refractivity contribution in [3.63, 3.8) is 0 Å². The molecule has 0 heterocycles. The SMILES string of the molecule is CC(O)(CNC(=O)c1ccc(O)c(O)c1)C(=O)O. The highest BCUT2D eigenvalue weighted by Crippen LogP contribution is 2.24. The number of carboxylic acid groups (broad SMARTS) is 1. The van der Waals surface area contributed by atoms with Crippen LogP contribution < -0.4 is 5.32 Å². The summed E-state index contributed by atoms with van der Waals surface area (Å²) >= 11 is 0. The quantitative estimate of drug-likeness (QED) is 0.468. The van der Waals surface area contributed by atoms with E-state index in [4.69, 9.17) is 10.2 Å². The van der Waals surface area contributed by atoms with Crippen LogP contribution in [0.15, 0.2) is 18.2 Å². The highest BCUT2D eigenvalue weighted by atomic mass is 16.4. The summed E-state index contributed by atoms with van der Waals surface area (Å²) in [6.07, 6.45) is 0. The van der Waals surface area contributed by atoms with Gasteiger partial charge in [-0.05, 0) is 25.1 Å². The molecule has 1 aromatic carbocycles. The lowest BCUT2D eigenvalue weighted by molar-refractivity contribution is -0.155. The zero-order valence-corrected chi connectivity index (χ0v) is 9.54. The van der Waals surface area contributed by atoms with Crippen molar-refractivity contribution in [3.05, 3.63) is 23.8 Å². The van der Waals surface area contributed by atoms with Gasteiger partial charge in [-0.25, -0.2) is 4.79 Å². The van der Waals surface area contributed by atoms with Crippen LogP contribution in [0.1, 0.15) is 17.3 Å². The summed E-state index contributed by atoms with van der Waals surface area (Å²) in [6, 6.07) is 3.40. The Morgan fingerprint density at radius 2 is 1.89 bits per heavy atom. The molecule has 0 saturated heterocycles. The number of hydrogen-bond acceptors (Lipinski definition) is 5. The van der Waals surface area contributed by atoms with Crippen molar-refractivity contribution >= 4 is 11.9 Å². The Morgan fingerprint density at radius 1 is 1.28 bits per heavy atom. The van der Waals surface area contributed by atoms with E-state index in [-0.39, 0.29) is 11.3 Å². The Kier molecular flexibility index (Phi) is 3.77. The number of benzene rings is 1. The van der Waals surface area contributed by atoms with Gasteiger partial charge in [0.15, 0.2) is 17.1 Å². The Bertz CT molecular complexity index is 482. The van der Waals surface area contributed by atoms with Crippen LogP contribution in [0.4, 0.5) is 0 Å². The third-order valence-electron chi connectivity index (χ3n) is 2.29. The van der Waals surface area contributed by atoms with Crippen LogP contribution in [0.2, 0.25) is 0 Å². The number of carbonyl (C=O) groups is 2. The molecule has 0 radical (unpaired) electrons. The number of phenols is 2. The van der Waals surface area contributed by atoms with Crippen LogP contribution in [0.5, 0.6) is 11.5 Å². The number of aromatic hydroxyl groups is 2. The van der Waals surface area contributed by atoms with Gasteiger partial charge in [0, 0.05) is 5.56 Å². The fourth-order valence-corrected chi connectivity index (χ4v) is 1.09. The van der Waals surface area contributed by atoms with Gasteiger partial charge in [-0.15, -0.1) is 0 Å². The number of carbonyl (C=O) groups excluding carboxylic acids is 1. The molecule has 1 rings (SSSR count). The molecule has 0 aliphatic heterocycles. The molecular formula is C11H13NO6. The molecule has 0 saturated carbocycles. The number of hydrogen-bond donors (Lipinski definition) is 5. The summed E-state index contributed by atoms with van der Waals surface area (Å²) in [7, 11) is 0. The maximum absolute atomic E-state index is 11.6. The monoisotopic (exact) mass is 255 g/mol. The van der Waals surface area contributed by atoms with Crippen LogP contribution in [-0.4, -0.2) is 44.4 Å². The first-order valence-electron chi connectivity index (χ1n) is 5.00. The molecule has 0 bridgehead atoms. The number of carboxylic acids is 1. The van der Waals surface area contributed by atoms with Gasteiger partial charge in [-0.2, -0.15) is 0 Å². The molecule has 1 atom stereocenters. The minimum absolute atomic E-state index is 0.0338. The van der Waals surface area contributed by atoms with Crippen molar-refractivity contribution in [1.29, 1.82) is 0 Å². The summed E-state index contributed by atoms with van der Waals surface area (Å²) in [5.41, 5.74) is -2.04. The third kappa shape index (κ3) is 3.11. The molecule has 0 aromatic heterocycles. The van der Waals surface area contributed by atoms with Gasteiger partial charge in [0.25, 0.3) is 5.91 Å². The summed E-state index contributed by atoms with van der Waals surface area (Å²) in [4.78, 5) is 22.2. The second-order valence-electron chi connectivity index (χ2n) is 3.97. The van der Waals surface area contributed by atoms with E-state index in [1.807, 2.05) is 0 Å². The molecule has 0 aliphatic rings. The second-order valence-corrected chi connectivity index (χ2v) is 3.97. The van der Waals surface area contributed by atoms with E-state index < -0.39 is 29.8 Å². The molecule has 0 spiro atoms. The molecule has 1 aromatic rings. The molecule has 5 N–H and O–H groups in total. The van der Waals surface area contributed by atoms with Gasteiger partial charge in [-0.1, -0.05) is 0 Å². The molecule has 0 fully saturated rings. The molecule has 7 heteroatoms. The predicted octanol–water partition coefficient (Wildman–Crippen LogP) is -0.337. The minimum atomic E-state index is -2.07. The maximum atomic E-state index is 11.6. The molecule has 1 amide bonds. The zero-order valence-electron chi connectivity index (χ0n) is 9.54. The van der Waals surface area contributed by atoms with E-state index >= 15 is 0 Å². The second kappa shape index (κ2) is 4.92. The van der Waals surface area contributed by atoms with Crippen LogP contribution in [0.25, 0.3) is 0 Å². The molecule has 0 aliphatic carbocycles. The van der Waals surface area contributed by atoms with E-state index in [0.717, 1.165) is 19.1 Å². The van der Waals surface area contributed by atoms with Crippen molar-refractivity contribution < 1.29 is 30.0 Å². The molecule has 1 unspecified atom stereocenters. The van der Waals surface area contributed by atoms with Gasteiger partial charge in [0.2, 0.25) is 0 Å². The number of rotatable bonds is 4. The fraction of sp³-hybridized carbons (Fsp3) is 0.273. The first-order chi connectivity index (χ1) is 8.24. The molecular weight excluding hydrogens is 242 g/mol. The number of amides is 1. The summed E-state index contributed by atoms with van der Waals surface area (Å²) in [5.74, 6) is -2.97. The van der Waals surface area contributed by atoms with Crippen molar-refractivity contribution in [2.24, 2.45) is 0 Å². The number of aliphatic hydroxyl groups is 1. The smallest absolute Gasteiger partial charge is 0.337 e. The topological polar surface area (TPSA) is 127 Å². The Morgan fingerprint density at radius 3 is 2.39 bits per heavy atom. The van der Waals surface area contributed by atoms with Crippen molar-refractivity contribution in [1.82, 2.24) is 5.32 Å². The number of phenolic OH excluding ortho intramolecular Hbond substituents is 2. The van der Waals surface area contributed by atoms with Crippen LogP contribution >= 0.6 is 0 Å². The van der Waals surface area contributed by atoms with E-state index in [0.29, 0.717) is 0 Å². The standard InChI is InChI=1S/C11H13NO6/c1-11(18,10(16)17)5-12-9(15)6-2-3-7(13)8(14)4-6/h2-4,13-14,18H,5H2,1H3,(H,12,15)(H,16,17). The van der Waals surface area contributed by atoms with Gasteiger partial charge in [0.1, 0.15) is 0 Å². The lowest BCUT2D eigenvalue weighted by Gasteiger charge is -2.18. The van der Waals surface area contributed by atoms with Crippen molar-refractivity contribution in [2.75, 3.05) is 6.54 Å². The Labute approximate surface area is 102 Å². The van der Waals surface area contributed by atoms with Crippen LogP contribution in [0.3, 0.4) is 0 Å². The Balaban J connectivity index is 2.72. The first kappa shape index (κ1) is 13.8. The van der Waals surface area contributed by atoms with Gasteiger partial charge in [0.05, 0.1) is 6.54 Å². The first-order valence-corrected chi connectivity index (χ1v) is 5.00. The summed E-state index contributed by atoms with van der Waals surface area (Å²) in [6.45, 7) is 0.562. The number of nitrogens with one attached hydrogen (secondary N) is 1. The lowest BCUT2D eigenvalue weighted by Crippen LogP contribution is -2.46. The summed E-state index contributed by atoms with van der Waals surface area (Å²) in [5, 5.41) is 38.5. The predicted molar refractivity (Wildman–Crippen MR) is 60.4 cm³/mol. The Hall–Kier alpha value is -2.28. The van der Waals surface area contributed by atoms with Gasteiger partial charge >= 0.3 is 5.97 Å². The van der Waals surface area contributed by atoms with E-state index in [2.05, 4.69) is 5.32 Å². The number of aliphatic carboxylic acids is 1. The fourth-order valence-electron chi connectivity index (χ4n) is 1.09. The third-order valence-corrected chi connectivity index (χ3v) is 2.29. The van der Waals surface area contributed by atoms with Gasteiger partial charge in [-0.3, -0.25) is 4.79 Å². The highest BCUT2D eigenvalue weighted by molar-refractivity contribution is 5.95. The normalized spacial score (nSPS) is 13.7. The average molecular weight is 255 g/mol. The molecule has 98 valence electrons.